The van der Waals surface area contributed by atoms with E-state index >= 15 is 0 Å². The number of H-pyrrole nitrogens is 1. The second-order valence-electron chi connectivity index (χ2n) is 4.40. The Morgan fingerprint density at radius 3 is 2.84 bits per heavy atom. The molecule has 0 aliphatic carbocycles. The summed E-state index contributed by atoms with van der Waals surface area (Å²) in [6, 6.07) is 6.37. The van der Waals surface area contributed by atoms with Gasteiger partial charge in [0.15, 0.2) is 5.82 Å². The third-order valence-electron chi connectivity index (χ3n) is 3.07. The van der Waals surface area contributed by atoms with Crippen LogP contribution in [0.5, 0.6) is 0 Å². The topological polar surface area (TPSA) is 57.8 Å². The first kappa shape index (κ1) is 12.2. The number of hydrogen-bond acceptors (Lipinski definition) is 3. The van der Waals surface area contributed by atoms with Gasteiger partial charge in [0, 0.05) is 11.3 Å². The van der Waals surface area contributed by atoms with E-state index in [1.165, 1.54) is 23.9 Å². The van der Waals surface area contributed by atoms with Gasteiger partial charge in [-0.1, -0.05) is 12.1 Å². The van der Waals surface area contributed by atoms with E-state index in [1.54, 1.807) is 12.1 Å². The summed E-state index contributed by atoms with van der Waals surface area (Å²) in [7, 11) is 0. The summed E-state index contributed by atoms with van der Waals surface area (Å²) in [6.45, 7) is 1.92. The number of carbonyl (C=O) groups excluding carboxylic acids is 1. The standard InChI is InChI=1S/C13H12FN3OS/c1-7-11-12(8-2-4-9(14)5-3-8)19-6-10(18)15-13(11)17-16-7/h2-5,12H,6H2,1H3,(H2,15,16,17,18). The first-order valence-corrected chi connectivity index (χ1v) is 6.92. The fourth-order valence-corrected chi connectivity index (χ4v) is 3.36. The zero-order valence-electron chi connectivity index (χ0n) is 10.2. The smallest absolute Gasteiger partial charge is 0.235 e. The van der Waals surface area contributed by atoms with Gasteiger partial charge in [0.05, 0.1) is 11.0 Å². The van der Waals surface area contributed by atoms with Crippen molar-refractivity contribution in [2.75, 3.05) is 11.1 Å². The molecule has 0 spiro atoms. The van der Waals surface area contributed by atoms with Gasteiger partial charge in [-0.25, -0.2) is 4.39 Å². The molecule has 2 aromatic rings. The molecule has 0 saturated heterocycles. The monoisotopic (exact) mass is 277 g/mol. The van der Waals surface area contributed by atoms with E-state index in [0.717, 1.165) is 16.8 Å². The van der Waals surface area contributed by atoms with Crippen molar-refractivity contribution in [3.05, 3.63) is 46.9 Å². The Labute approximate surface area is 113 Å². The lowest BCUT2D eigenvalue weighted by molar-refractivity contribution is -0.113. The van der Waals surface area contributed by atoms with E-state index < -0.39 is 0 Å². The number of amides is 1. The number of carbonyl (C=O) groups is 1. The van der Waals surface area contributed by atoms with Gasteiger partial charge in [0.1, 0.15) is 5.82 Å². The number of benzene rings is 1. The molecular formula is C13H12FN3OS. The average molecular weight is 277 g/mol. The molecule has 3 rings (SSSR count). The van der Waals surface area contributed by atoms with Gasteiger partial charge in [0.2, 0.25) is 5.91 Å². The number of aromatic amines is 1. The summed E-state index contributed by atoms with van der Waals surface area (Å²) >= 11 is 1.52. The van der Waals surface area contributed by atoms with Crippen molar-refractivity contribution in [2.24, 2.45) is 0 Å². The largest absolute Gasteiger partial charge is 0.308 e. The summed E-state index contributed by atoms with van der Waals surface area (Å²) < 4.78 is 13.0. The number of hydrogen-bond donors (Lipinski definition) is 2. The Morgan fingerprint density at radius 2 is 2.11 bits per heavy atom. The first-order chi connectivity index (χ1) is 9.15. The second-order valence-corrected chi connectivity index (χ2v) is 5.50. The highest BCUT2D eigenvalue weighted by atomic mass is 32.2. The number of rotatable bonds is 1. The van der Waals surface area contributed by atoms with Gasteiger partial charge in [-0.05, 0) is 24.6 Å². The Morgan fingerprint density at radius 1 is 1.37 bits per heavy atom. The molecular weight excluding hydrogens is 265 g/mol. The van der Waals surface area contributed by atoms with Crippen LogP contribution in [0, 0.1) is 12.7 Å². The molecule has 6 heteroatoms. The third kappa shape index (κ3) is 2.23. The summed E-state index contributed by atoms with van der Waals surface area (Å²) in [5.41, 5.74) is 2.84. The summed E-state index contributed by atoms with van der Waals surface area (Å²) in [6.07, 6.45) is 0. The maximum absolute atomic E-state index is 13.0. The van der Waals surface area contributed by atoms with E-state index in [2.05, 4.69) is 15.5 Å². The number of aryl methyl sites for hydroxylation is 1. The number of nitrogens with zero attached hydrogens (tertiary/aromatic N) is 1. The molecule has 0 radical (unpaired) electrons. The minimum absolute atomic E-state index is 0.0201. The molecule has 4 nitrogen and oxygen atoms in total. The van der Waals surface area contributed by atoms with E-state index in [4.69, 9.17) is 0 Å². The Kier molecular flexibility index (Phi) is 3.02. The lowest BCUT2D eigenvalue weighted by atomic mass is 10.0. The van der Waals surface area contributed by atoms with Crippen molar-refractivity contribution in [3.8, 4) is 0 Å². The zero-order chi connectivity index (χ0) is 13.4. The van der Waals surface area contributed by atoms with Gasteiger partial charge in [-0.2, -0.15) is 5.10 Å². The van der Waals surface area contributed by atoms with Crippen molar-refractivity contribution >= 4 is 23.5 Å². The van der Waals surface area contributed by atoms with Crippen LogP contribution in [0.25, 0.3) is 0 Å². The van der Waals surface area contributed by atoms with Crippen LogP contribution < -0.4 is 5.32 Å². The minimum Gasteiger partial charge on any atom is -0.308 e. The third-order valence-corrected chi connectivity index (χ3v) is 4.34. The second kappa shape index (κ2) is 4.70. The fraction of sp³-hybridized carbons (Fsp3) is 0.231. The molecule has 1 atom stereocenters. The number of anilines is 1. The number of halogens is 1. The highest BCUT2D eigenvalue weighted by molar-refractivity contribution is 8.00. The van der Waals surface area contributed by atoms with Crippen LogP contribution in [-0.2, 0) is 4.79 Å². The van der Waals surface area contributed by atoms with E-state index in [-0.39, 0.29) is 17.0 Å². The predicted molar refractivity (Wildman–Crippen MR) is 72.7 cm³/mol. The quantitative estimate of drug-likeness (QED) is 0.842. The average Bonchev–Trinajstić information content (AvgIpc) is 2.65. The Bertz CT molecular complexity index is 623. The van der Waals surface area contributed by atoms with Crippen molar-refractivity contribution in [1.82, 2.24) is 10.2 Å². The SMILES string of the molecule is Cc1[nH]nc2c1C(c1ccc(F)cc1)SCC(=O)N2. The molecule has 1 amide bonds. The lowest BCUT2D eigenvalue weighted by Gasteiger charge is -2.14. The van der Waals surface area contributed by atoms with Crippen LogP contribution in [0.4, 0.5) is 10.2 Å². The minimum atomic E-state index is -0.263. The lowest BCUT2D eigenvalue weighted by Crippen LogP contribution is -2.12. The summed E-state index contributed by atoms with van der Waals surface area (Å²) in [5.74, 6) is 0.600. The fourth-order valence-electron chi connectivity index (χ4n) is 2.16. The van der Waals surface area contributed by atoms with Gasteiger partial charge in [-0.3, -0.25) is 9.89 Å². The van der Waals surface area contributed by atoms with Crippen LogP contribution in [0.1, 0.15) is 22.1 Å². The molecule has 98 valence electrons. The molecule has 0 saturated carbocycles. The highest BCUT2D eigenvalue weighted by Crippen LogP contribution is 2.41. The molecule has 1 aliphatic rings. The van der Waals surface area contributed by atoms with Crippen LogP contribution in [0.15, 0.2) is 24.3 Å². The van der Waals surface area contributed by atoms with Crippen LogP contribution >= 0.6 is 11.8 Å². The molecule has 1 aromatic carbocycles. The van der Waals surface area contributed by atoms with Gasteiger partial charge < -0.3 is 5.32 Å². The molecule has 1 aliphatic heterocycles. The number of fused-ring (bicyclic) bond motifs is 1. The molecule has 1 aromatic heterocycles. The summed E-state index contributed by atoms with van der Waals surface area (Å²) in [5, 5.41) is 9.76. The van der Waals surface area contributed by atoms with Gasteiger partial charge in [0.25, 0.3) is 0 Å². The van der Waals surface area contributed by atoms with E-state index in [9.17, 15) is 9.18 Å². The van der Waals surface area contributed by atoms with Crippen LogP contribution in [0.3, 0.4) is 0 Å². The normalized spacial score (nSPS) is 18.6. The molecule has 0 bridgehead atoms. The van der Waals surface area contributed by atoms with Crippen molar-refractivity contribution in [2.45, 2.75) is 12.2 Å². The van der Waals surface area contributed by atoms with E-state index in [0.29, 0.717) is 11.6 Å². The maximum Gasteiger partial charge on any atom is 0.235 e. The Hall–Kier alpha value is -1.82. The highest BCUT2D eigenvalue weighted by Gasteiger charge is 2.27. The molecule has 2 N–H and O–H groups in total. The Balaban J connectivity index is 2.08. The summed E-state index contributed by atoms with van der Waals surface area (Å²) in [4.78, 5) is 11.6. The van der Waals surface area contributed by atoms with Crippen LogP contribution in [0.2, 0.25) is 0 Å². The predicted octanol–water partition coefficient (Wildman–Crippen LogP) is 2.63. The number of aromatic nitrogens is 2. The van der Waals surface area contributed by atoms with Crippen molar-refractivity contribution in [3.63, 3.8) is 0 Å². The van der Waals surface area contributed by atoms with Crippen molar-refractivity contribution in [1.29, 1.82) is 0 Å². The number of thioether (sulfide) groups is 1. The molecule has 1 unspecified atom stereocenters. The maximum atomic E-state index is 13.0. The van der Waals surface area contributed by atoms with Gasteiger partial charge in [-0.15, -0.1) is 11.8 Å². The number of nitrogens with one attached hydrogen (secondary N) is 2. The first-order valence-electron chi connectivity index (χ1n) is 5.87. The van der Waals surface area contributed by atoms with Crippen LogP contribution in [-0.4, -0.2) is 21.9 Å². The van der Waals surface area contributed by atoms with E-state index in [1.807, 2.05) is 6.92 Å². The zero-order valence-corrected chi connectivity index (χ0v) is 11.1. The van der Waals surface area contributed by atoms with Gasteiger partial charge >= 0.3 is 0 Å². The molecule has 0 fully saturated rings. The van der Waals surface area contributed by atoms with Crippen molar-refractivity contribution < 1.29 is 9.18 Å². The molecule has 2 heterocycles. The molecule has 19 heavy (non-hydrogen) atoms.